The zero-order chi connectivity index (χ0) is 16.8. The molecule has 0 fully saturated rings. The van der Waals surface area contributed by atoms with Gasteiger partial charge in [-0.15, -0.1) is 11.3 Å². The number of amides is 1. The molecule has 1 unspecified atom stereocenters. The van der Waals surface area contributed by atoms with Gasteiger partial charge in [0.1, 0.15) is 0 Å². The van der Waals surface area contributed by atoms with Crippen LogP contribution in [0.2, 0.25) is 0 Å². The normalized spacial score (nSPS) is 11.8. The van der Waals surface area contributed by atoms with Crippen LogP contribution in [-0.2, 0) is 0 Å². The molecule has 0 saturated carbocycles. The molecule has 4 nitrogen and oxygen atoms in total. The highest BCUT2D eigenvalue weighted by atomic mass is 79.9. The van der Waals surface area contributed by atoms with E-state index in [0.29, 0.717) is 28.1 Å². The van der Waals surface area contributed by atoms with E-state index in [0.717, 1.165) is 11.3 Å². The minimum atomic E-state index is -0.132. The van der Waals surface area contributed by atoms with Crippen molar-refractivity contribution < 1.29 is 14.3 Å². The highest BCUT2D eigenvalue weighted by molar-refractivity contribution is 9.10. The Morgan fingerprint density at radius 2 is 2.17 bits per heavy atom. The predicted molar refractivity (Wildman–Crippen MR) is 96.7 cm³/mol. The zero-order valence-electron chi connectivity index (χ0n) is 13.4. The summed E-state index contributed by atoms with van der Waals surface area (Å²) in [7, 11) is 1.56. The number of carbonyl (C=O) groups is 1. The van der Waals surface area contributed by atoms with Gasteiger partial charge in [-0.2, -0.15) is 0 Å². The first-order chi connectivity index (χ1) is 11.1. The van der Waals surface area contributed by atoms with Crippen LogP contribution in [0.3, 0.4) is 0 Å². The molecule has 1 aromatic heterocycles. The molecule has 1 N–H and O–H groups in total. The Morgan fingerprint density at radius 1 is 1.39 bits per heavy atom. The second-order valence-corrected chi connectivity index (χ2v) is 6.71. The topological polar surface area (TPSA) is 47.6 Å². The van der Waals surface area contributed by atoms with Crippen molar-refractivity contribution in [2.24, 2.45) is 0 Å². The van der Waals surface area contributed by atoms with Gasteiger partial charge in [0.15, 0.2) is 11.5 Å². The number of methoxy groups -OCH3 is 1. The second-order valence-electron chi connectivity index (χ2n) is 4.87. The highest BCUT2D eigenvalue weighted by Crippen LogP contribution is 2.36. The van der Waals surface area contributed by atoms with E-state index >= 15 is 0 Å². The summed E-state index contributed by atoms with van der Waals surface area (Å²) in [6.07, 6.45) is 0.835. The molecule has 2 rings (SSSR count). The summed E-state index contributed by atoms with van der Waals surface area (Å²) in [6, 6.07) is 7.49. The van der Waals surface area contributed by atoms with Crippen LogP contribution in [0, 0.1) is 0 Å². The molecule has 2 aromatic rings. The van der Waals surface area contributed by atoms with E-state index in [1.807, 2.05) is 24.4 Å². The third-order valence-electron chi connectivity index (χ3n) is 3.38. The van der Waals surface area contributed by atoms with Crippen molar-refractivity contribution in [3.05, 3.63) is 44.6 Å². The van der Waals surface area contributed by atoms with Crippen LogP contribution < -0.4 is 14.8 Å². The molecule has 0 radical (unpaired) electrons. The molecule has 1 amide bonds. The Balaban J connectivity index is 2.23. The standard InChI is InChI=1S/C17H20BrNO3S/c1-4-13(15-7-6-8-23-15)19-17(20)11-9-12(18)16(22-5-2)14(10-11)21-3/h6-10,13H,4-5H2,1-3H3,(H,19,20). The summed E-state index contributed by atoms with van der Waals surface area (Å²) < 4.78 is 11.6. The Hall–Kier alpha value is -1.53. The first-order valence-corrected chi connectivity index (χ1v) is 9.12. The molecule has 0 saturated heterocycles. The van der Waals surface area contributed by atoms with Crippen molar-refractivity contribution >= 4 is 33.2 Å². The smallest absolute Gasteiger partial charge is 0.251 e. The summed E-state index contributed by atoms with van der Waals surface area (Å²) in [6.45, 7) is 4.48. The van der Waals surface area contributed by atoms with Gasteiger partial charge < -0.3 is 14.8 Å². The van der Waals surface area contributed by atoms with Gasteiger partial charge in [-0.3, -0.25) is 4.79 Å². The van der Waals surface area contributed by atoms with E-state index < -0.39 is 0 Å². The summed E-state index contributed by atoms with van der Waals surface area (Å²) in [5.74, 6) is 1.01. The van der Waals surface area contributed by atoms with Crippen LogP contribution in [0.1, 0.15) is 41.5 Å². The Morgan fingerprint density at radius 3 is 2.74 bits per heavy atom. The van der Waals surface area contributed by atoms with Crippen LogP contribution in [0.5, 0.6) is 11.5 Å². The Labute approximate surface area is 148 Å². The molecule has 0 aliphatic rings. The van der Waals surface area contributed by atoms with E-state index in [1.165, 1.54) is 0 Å². The van der Waals surface area contributed by atoms with Crippen molar-refractivity contribution in [1.29, 1.82) is 0 Å². The number of halogens is 1. The van der Waals surface area contributed by atoms with Gasteiger partial charge in [-0.05, 0) is 52.9 Å². The van der Waals surface area contributed by atoms with E-state index in [9.17, 15) is 4.79 Å². The lowest BCUT2D eigenvalue weighted by molar-refractivity contribution is 0.0936. The largest absolute Gasteiger partial charge is 0.493 e. The van der Waals surface area contributed by atoms with Crippen molar-refractivity contribution in [3.63, 3.8) is 0 Å². The molecule has 1 heterocycles. The number of ether oxygens (including phenoxy) is 2. The zero-order valence-corrected chi connectivity index (χ0v) is 15.8. The molecule has 6 heteroatoms. The summed E-state index contributed by atoms with van der Waals surface area (Å²) in [5, 5.41) is 5.08. The van der Waals surface area contributed by atoms with Crippen molar-refractivity contribution in [2.45, 2.75) is 26.3 Å². The van der Waals surface area contributed by atoms with Crippen molar-refractivity contribution in [3.8, 4) is 11.5 Å². The monoisotopic (exact) mass is 397 g/mol. The van der Waals surface area contributed by atoms with Gasteiger partial charge in [0.25, 0.3) is 5.91 Å². The molecule has 0 spiro atoms. The first-order valence-electron chi connectivity index (χ1n) is 7.45. The lowest BCUT2D eigenvalue weighted by Crippen LogP contribution is -2.27. The van der Waals surface area contributed by atoms with E-state index in [2.05, 4.69) is 28.2 Å². The Bertz CT molecular complexity index is 658. The molecule has 124 valence electrons. The Kier molecular flexibility index (Phi) is 6.47. The number of benzene rings is 1. The number of hydrogen-bond acceptors (Lipinski definition) is 4. The number of nitrogens with one attached hydrogen (secondary N) is 1. The van der Waals surface area contributed by atoms with Gasteiger partial charge in [0, 0.05) is 10.4 Å². The molecule has 0 aliphatic heterocycles. The average molecular weight is 398 g/mol. The van der Waals surface area contributed by atoms with Gasteiger partial charge in [0.05, 0.1) is 24.2 Å². The van der Waals surface area contributed by atoms with Crippen molar-refractivity contribution in [1.82, 2.24) is 5.32 Å². The maximum Gasteiger partial charge on any atom is 0.251 e. The van der Waals surface area contributed by atoms with Gasteiger partial charge in [0.2, 0.25) is 0 Å². The fourth-order valence-corrected chi connectivity index (χ4v) is 3.66. The third-order valence-corrected chi connectivity index (χ3v) is 4.96. The van der Waals surface area contributed by atoms with Crippen LogP contribution in [-0.4, -0.2) is 19.6 Å². The quantitative estimate of drug-likeness (QED) is 0.729. The highest BCUT2D eigenvalue weighted by Gasteiger charge is 2.18. The van der Waals surface area contributed by atoms with Gasteiger partial charge >= 0.3 is 0 Å². The number of hydrogen-bond donors (Lipinski definition) is 1. The molecule has 1 atom stereocenters. The fourth-order valence-electron chi connectivity index (χ4n) is 2.24. The molecular weight excluding hydrogens is 378 g/mol. The lowest BCUT2D eigenvalue weighted by atomic mass is 10.1. The molecule has 23 heavy (non-hydrogen) atoms. The molecule has 0 aliphatic carbocycles. The second kappa shape index (κ2) is 8.36. The van der Waals surface area contributed by atoms with Crippen LogP contribution in [0.4, 0.5) is 0 Å². The van der Waals surface area contributed by atoms with Crippen molar-refractivity contribution in [2.75, 3.05) is 13.7 Å². The average Bonchev–Trinajstić information content (AvgIpc) is 3.08. The summed E-state index contributed by atoms with van der Waals surface area (Å²) >= 11 is 5.09. The summed E-state index contributed by atoms with van der Waals surface area (Å²) in [4.78, 5) is 13.7. The number of rotatable bonds is 7. The third kappa shape index (κ3) is 4.26. The maximum atomic E-state index is 12.6. The lowest BCUT2D eigenvalue weighted by Gasteiger charge is -2.17. The molecule has 1 aromatic carbocycles. The van der Waals surface area contributed by atoms with E-state index in [4.69, 9.17) is 9.47 Å². The fraction of sp³-hybridized carbons (Fsp3) is 0.353. The van der Waals surface area contributed by atoms with E-state index in [-0.39, 0.29) is 11.9 Å². The molecular formula is C17H20BrNO3S. The van der Waals surface area contributed by atoms with Crippen LogP contribution in [0.15, 0.2) is 34.1 Å². The van der Waals surface area contributed by atoms with Gasteiger partial charge in [-0.1, -0.05) is 13.0 Å². The first kappa shape index (κ1) is 17.8. The predicted octanol–water partition coefficient (Wildman–Crippen LogP) is 4.80. The van der Waals surface area contributed by atoms with Crippen LogP contribution >= 0.6 is 27.3 Å². The summed E-state index contributed by atoms with van der Waals surface area (Å²) in [5.41, 5.74) is 0.534. The van der Waals surface area contributed by atoms with Gasteiger partial charge in [-0.25, -0.2) is 0 Å². The SMILES string of the molecule is CCOc1c(Br)cc(C(=O)NC(CC)c2cccs2)cc1OC. The van der Waals surface area contributed by atoms with Crippen LogP contribution in [0.25, 0.3) is 0 Å². The minimum absolute atomic E-state index is 0.0128. The number of carbonyl (C=O) groups excluding carboxylic acids is 1. The maximum absolute atomic E-state index is 12.6. The number of thiophene rings is 1. The van der Waals surface area contributed by atoms with E-state index in [1.54, 1.807) is 30.6 Å². The minimum Gasteiger partial charge on any atom is -0.493 e. The molecule has 0 bridgehead atoms.